The van der Waals surface area contributed by atoms with Gasteiger partial charge in [0.15, 0.2) is 0 Å². The molecule has 1 amide bonds. The predicted octanol–water partition coefficient (Wildman–Crippen LogP) is 1.01. The molecule has 1 aromatic rings. The highest BCUT2D eigenvalue weighted by molar-refractivity contribution is 5.64. The molecule has 0 spiro atoms. The SMILES string of the molecule is NC(=O)OCCNCc1ccc(F)cc1. The summed E-state index contributed by atoms with van der Waals surface area (Å²) in [4.78, 5) is 10.2. The molecule has 0 heterocycles. The van der Waals surface area contributed by atoms with E-state index in [4.69, 9.17) is 5.73 Å². The van der Waals surface area contributed by atoms with Crippen molar-refractivity contribution in [2.75, 3.05) is 13.2 Å². The second-order valence-electron chi connectivity index (χ2n) is 2.97. The van der Waals surface area contributed by atoms with Crippen LogP contribution in [0.25, 0.3) is 0 Å². The number of halogens is 1. The van der Waals surface area contributed by atoms with Crippen molar-refractivity contribution in [3.8, 4) is 0 Å². The Hall–Kier alpha value is -1.62. The number of primary amides is 1. The highest BCUT2D eigenvalue weighted by atomic mass is 19.1. The Balaban J connectivity index is 2.15. The first-order chi connectivity index (χ1) is 7.18. The van der Waals surface area contributed by atoms with Gasteiger partial charge in [-0.2, -0.15) is 0 Å². The van der Waals surface area contributed by atoms with Crippen molar-refractivity contribution in [3.05, 3.63) is 35.6 Å². The molecule has 0 aromatic heterocycles. The van der Waals surface area contributed by atoms with Crippen LogP contribution in [0.2, 0.25) is 0 Å². The van der Waals surface area contributed by atoms with Crippen LogP contribution in [0.3, 0.4) is 0 Å². The molecule has 15 heavy (non-hydrogen) atoms. The van der Waals surface area contributed by atoms with Crippen LogP contribution in [0.4, 0.5) is 9.18 Å². The number of rotatable bonds is 5. The van der Waals surface area contributed by atoms with Gasteiger partial charge in [-0.15, -0.1) is 0 Å². The maximum Gasteiger partial charge on any atom is 0.404 e. The van der Waals surface area contributed by atoms with Crippen molar-refractivity contribution in [3.63, 3.8) is 0 Å². The Kier molecular flexibility index (Phi) is 4.56. The van der Waals surface area contributed by atoms with Crippen molar-refractivity contribution in [2.45, 2.75) is 6.54 Å². The number of carbonyl (C=O) groups excluding carboxylic acids is 1. The van der Waals surface area contributed by atoms with E-state index in [0.717, 1.165) is 5.56 Å². The van der Waals surface area contributed by atoms with Gasteiger partial charge in [-0.1, -0.05) is 12.1 Å². The summed E-state index contributed by atoms with van der Waals surface area (Å²) >= 11 is 0. The predicted molar refractivity (Wildman–Crippen MR) is 53.6 cm³/mol. The normalized spacial score (nSPS) is 9.93. The molecule has 0 saturated heterocycles. The molecule has 5 heteroatoms. The van der Waals surface area contributed by atoms with Crippen LogP contribution in [0, 0.1) is 5.82 Å². The van der Waals surface area contributed by atoms with Crippen molar-refractivity contribution in [1.29, 1.82) is 0 Å². The van der Waals surface area contributed by atoms with Gasteiger partial charge < -0.3 is 15.8 Å². The van der Waals surface area contributed by atoms with Gasteiger partial charge in [0, 0.05) is 13.1 Å². The lowest BCUT2D eigenvalue weighted by Gasteiger charge is -2.04. The van der Waals surface area contributed by atoms with Gasteiger partial charge in [0.2, 0.25) is 0 Å². The molecule has 0 aliphatic heterocycles. The van der Waals surface area contributed by atoms with E-state index in [2.05, 4.69) is 10.1 Å². The average Bonchev–Trinajstić information content (AvgIpc) is 2.20. The maximum atomic E-state index is 12.5. The number of benzene rings is 1. The van der Waals surface area contributed by atoms with Crippen LogP contribution in [0.1, 0.15) is 5.56 Å². The molecular formula is C10H13FN2O2. The third kappa shape index (κ3) is 4.97. The molecule has 82 valence electrons. The van der Waals surface area contributed by atoms with Crippen LogP contribution in [0.5, 0.6) is 0 Å². The monoisotopic (exact) mass is 212 g/mol. The Morgan fingerprint density at radius 2 is 2.07 bits per heavy atom. The number of carbonyl (C=O) groups is 1. The van der Waals surface area contributed by atoms with Crippen molar-refractivity contribution < 1.29 is 13.9 Å². The first-order valence-electron chi connectivity index (χ1n) is 4.56. The average molecular weight is 212 g/mol. The lowest BCUT2D eigenvalue weighted by Crippen LogP contribution is -2.23. The number of ether oxygens (including phenoxy) is 1. The summed E-state index contributed by atoms with van der Waals surface area (Å²) < 4.78 is 17.0. The van der Waals surface area contributed by atoms with Gasteiger partial charge in [0.05, 0.1) is 0 Å². The zero-order chi connectivity index (χ0) is 11.1. The first kappa shape index (κ1) is 11.5. The summed E-state index contributed by atoms with van der Waals surface area (Å²) in [6.07, 6.45) is -0.779. The van der Waals surface area contributed by atoms with E-state index in [0.29, 0.717) is 13.1 Å². The summed E-state index contributed by atoms with van der Waals surface area (Å²) in [7, 11) is 0. The van der Waals surface area contributed by atoms with E-state index in [1.165, 1.54) is 12.1 Å². The number of amides is 1. The zero-order valence-corrected chi connectivity index (χ0v) is 8.20. The quantitative estimate of drug-likeness (QED) is 0.716. The molecule has 3 N–H and O–H groups in total. The molecule has 4 nitrogen and oxygen atoms in total. The fourth-order valence-corrected chi connectivity index (χ4v) is 1.06. The fourth-order valence-electron chi connectivity index (χ4n) is 1.06. The smallest absolute Gasteiger partial charge is 0.404 e. The van der Waals surface area contributed by atoms with Crippen molar-refractivity contribution in [1.82, 2.24) is 5.32 Å². The van der Waals surface area contributed by atoms with Gasteiger partial charge >= 0.3 is 6.09 Å². The lowest BCUT2D eigenvalue weighted by molar-refractivity contribution is 0.157. The van der Waals surface area contributed by atoms with E-state index in [1.54, 1.807) is 12.1 Å². The summed E-state index contributed by atoms with van der Waals surface area (Å²) in [6, 6.07) is 6.18. The molecule has 1 aromatic carbocycles. The Bertz CT molecular complexity index is 314. The van der Waals surface area contributed by atoms with Crippen molar-refractivity contribution >= 4 is 6.09 Å². The first-order valence-corrected chi connectivity index (χ1v) is 4.56. The van der Waals surface area contributed by atoms with Gasteiger partial charge in [-0.3, -0.25) is 0 Å². The van der Waals surface area contributed by atoms with E-state index in [9.17, 15) is 9.18 Å². The maximum absolute atomic E-state index is 12.5. The van der Waals surface area contributed by atoms with Crippen LogP contribution in [-0.4, -0.2) is 19.2 Å². The standard InChI is InChI=1S/C10H13FN2O2/c11-9-3-1-8(2-4-9)7-13-5-6-15-10(12)14/h1-4,13H,5-7H2,(H2,12,14). The Labute approximate surface area is 87.2 Å². The number of nitrogens with two attached hydrogens (primary N) is 1. The summed E-state index contributed by atoms with van der Waals surface area (Å²) in [5, 5.41) is 3.02. The molecule has 0 aliphatic rings. The highest BCUT2D eigenvalue weighted by Gasteiger charge is 1.95. The van der Waals surface area contributed by atoms with Crippen LogP contribution in [0.15, 0.2) is 24.3 Å². The van der Waals surface area contributed by atoms with Gasteiger partial charge in [-0.25, -0.2) is 9.18 Å². The molecular weight excluding hydrogens is 199 g/mol. The summed E-state index contributed by atoms with van der Waals surface area (Å²) in [6.45, 7) is 1.35. The minimum Gasteiger partial charge on any atom is -0.448 e. The van der Waals surface area contributed by atoms with Gasteiger partial charge in [0.25, 0.3) is 0 Å². The Morgan fingerprint density at radius 1 is 1.40 bits per heavy atom. The number of nitrogens with one attached hydrogen (secondary N) is 1. The number of hydrogen-bond acceptors (Lipinski definition) is 3. The highest BCUT2D eigenvalue weighted by Crippen LogP contribution is 2.01. The second-order valence-corrected chi connectivity index (χ2v) is 2.97. The van der Waals surface area contributed by atoms with Crippen molar-refractivity contribution in [2.24, 2.45) is 5.73 Å². The van der Waals surface area contributed by atoms with Crippen LogP contribution < -0.4 is 11.1 Å². The molecule has 0 unspecified atom stereocenters. The summed E-state index contributed by atoms with van der Waals surface area (Å²) in [5.41, 5.74) is 5.74. The molecule has 0 radical (unpaired) electrons. The lowest BCUT2D eigenvalue weighted by atomic mass is 10.2. The molecule has 1 rings (SSSR count). The van der Waals surface area contributed by atoms with E-state index >= 15 is 0 Å². The molecule has 0 bridgehead atoms. The summed E-state index contributed by atoms with van der Waals surface area (Å²) in [5.74, 6) is -0.254. The van der Waals surface area contributed by atoms with E-state index < -0.39 is 6.09 Å². The second kappa shape index (κ2) is 5.98. The minimum absolute atomic E-state index is 0.233. The molecule has 0 saturated carbocycles. The third-order valence-electron chi connectivity index (χ3n) is 1.77. The molecule has 0 aliphatic carbocycles. The molecule has 0 fully saturated rings. The topological polar surface area (TPSA) is 64.4 Å². The van der Waals surface area contributed by atoms with Crippen LogP contribution >= 0.6 is 0 Å². The van der Waals surface area contributed by atoms with Crippen LogP contribution in [-0.2, 0) is 11.3 Å². The fraction of sp³-hybridized carbons (Fsp3) is 0.300. The largest absolute Gasteiger partial charge is 0.448 e. The van der Waals surface area contributed by atoms with Gasteiger partial charge in [-0.05, 0) is 17.7 Å². The Morgan fingerprint density at radius 3 is 2.67 bits per heavy atom. The van der Waals surface area contributed by atoms with E-state index in [-0.39, 0.29) is 12.4 Å². The molecule has 0 atom stereocenters. The van der Waals surface area contributed by atoms with Gasteiger partial charge in [0.1, 0.15) is 12.4 Å². The number of hydrogen-bond donors (Lipinski definition) is 2. The zero-order valence-electron chi connectivity index (χ0n) is 8.20. The minimum atomic E-state index is -0.779. The third-order valence-corrected chi connectivity index (χ3v) is 1.77. The van der Waals surface area contributed by atoms with E-state index in [1.807, 2.05) is 0 Å².